The van der Waals surface area contributed by atoms with Crippen LogP contribution in [0.25, 0.3) is 11.4 Å². The van der Waals surface area contributed by atoms with Gasteiger partial charge in [0.15, 0.2) is 12.4 Å². The van der Waals surface area contributed by atoms with Gasteiger partial charge in [0.2, 0.25) is 5.91 Å². The molecule has 1 aromatic heterocycles. The fourth-order valence-electron chi connectivity index (χ4n) is 2.98. The van der Waals surface area contributed by atoms with Gasteiger partial charge in [-0.05, 0) is 44.0 Å². The minimum Gasteiger partial charge on any atom is -0.484 e. The lowest BCUT2D eigenvalue weighted by Crippen LogP contribution is -2.35. The van der Waals surface area contributed by atoms with E-state index in [-0.39, 0.29) is 25.0 Å². The number of benzene rings is 2. The van der Waals surface area contributed by atoms with Crippen molar-refractivity contribution in [2.24, 2.45) is 0 Å². The lowest BCUT2D eigenvalue weighted by molar-refractivity contribution is -0.125. The number of aromatic amines is 1. The highest BCUT2D eigenvalue weighted by Crippen LogP contribution is 2.39. The van der Waals surface area contributed by atoms with E-state index in [2.05, 4.69) is 25.8 Å². The summed E-state index contributed by atoms with van der Waals surface area (Å²) in [6, 6.07) is 14.7. The van der Waals surface area contributed by atoms with Crippen LogP contribution < -0.4 is 15.4 Å². The van der Waals surface area contributed by atoms with Crippen LogP contribution >= 0.6 is 0 Å². The Morgan fingerprint density at radius 1 is 1.13 bits per heavy atom. The number of aromatic nitrogens is 3. The zero-order chi connectivity index (χ0) is 20.9. The van der Waals surface area contributed by atoms with Crippen molar-refractivity contribution in [1.29, 1.82) is 0 Å². The molecule has 0 radical (unpaired) electrons. The lowest BCUT2D eigenvalue weighted by atomic mass is 10.1. The third-order valence-corrected chi connectivity index (χ3v) is 4.72. The maximum absolute atomic E-state index is 12.4. The summed E-state index contributed by atoms with van der Waals surface area (Å²) in [6.45, 7) is 1.65. The first kappa shape index (κ1) is 19.6. The van der Waals surface area contributed by atoms with Crippen molar-refractivity contribution in [3.8, 4) is 17.1 Å². The largest absolute Gasteiger partial charge is 0.484 e. The Hall–Kier alpha value is -3.68. The summed E-state index contributed by atoms with van der Waals surface area (Å²) in [6.07, 6.45) is 2.25. The van der Waals surface area contributed by atoms with Crippen LogP contribution in [0.15, 0.2) is 48.5 Å². The van der Waals surface area contributed by atoms with Crippen LogP contribution in [0.5, 0.6) is 5.75 Å². The van der Waals surface area contributed by atoms with Crippen LogP contribution in [0.1, 0.15) is 30.1 Å². The summed E-state index contributed by atoms with van der Waals surface area (Å²) in [5.74, 6) is 1.78. The minimum absolute atomic E-state index is 0.159. The third kappa shape index (κ3) is 5.02. The number of para-hydroxylation sites is 1. The molecule has 0 saturated heterocycles. The summed E-state index contributed by atoms with van der Waals surface area (Å²) in [4.78, 5) is 28.9. The average molecular weight is 405 g/mol. The molecule has 1 saturated carbocycles. The molecule has 1 aliphatic rings. The van der Waals surface area contributed by atoms with E-state index in [9.17, 15) is 9.59 Å². The zero-order valence-electron chi connectivity index (χ0n) is 16.6. The number of ether oxygens (including phenoxy) is 1. The normalized spacial score (nSPS) is 13.0. The van der Waals surface area contributed by atoms with E-state index in [1.165, 1.54) is 0 Å². The first-order valence-corrected chi connectivity index (χ1v) is 9.86. The molecule has 3 aromatic rings. The molecular formula is C22H23N5O3. The molecule has 8 nitrogen and oxygen atoms in total. The molecule has 0 unspecified atom stereocenters. The van der Waals surface area contributed by atoms with Crippen molar-refractivity contribution < 1.29 is 14.3 Å². The standard InChI is InChI=1S/C22H23N5O3/c1-14-7-10-18(17(11-14)22-25-21(26-27-22)15-8-9-15)24-19(28)12-23-20(29)13-30-16-5-3-2-4-6-16/h2-7,10-11,15H,8-9,12-13H2,1H3,(H,23,29)(H,24,28)(H,25,26,27). The predicted octanol–water partition coefficient (Wildman–Crippen LogP) is 2.79. The van der Waals surface area contributed by atoms with Crippen LogP contribution in [0.2, 0.25) is 0 Å². The number of hydrogen-bond acceptors (Lipinski definition) is 5. The number of carbonyl (C=O) groups excluding carboxylic acids is 2. The highest BCUT2D eigenvalue weighted by Gasteiger charge is 2.27. The second-order valence-electron chi connectivity index (χ2n) is 7.29. The molecule has 0 bridgehead atoms. The van der Waals surface area contributed by atoms with E-state index in [4.69, 9.17) is 4.74 Å². The number of hydrogen-bond donors (Lipinski definition) is 3. The van der Waals surface area contributed by atoms with Gasteiger partial charge in [-0.2, -0.15) is 5.10 Å². The summed E-state index contributed by atoms with van der Waals surface area (Å²) < 4.78 is 5.37. The number of amides is 2. The van der Waals surface area contributed by atoms with Gasteiger partial charge in [0.05, 0.1) is 12.2 Å². The molecule has 1 aliphatic carbocycles. The lowest BCUT2D eigenvalue weighted by Gasteiger charge is -2.11. The van der Waals surface area contributed by atoms with Gasteiger partial charge >= 0.3 is 0 Å². The van der Waals surface area contributed by atoms with Crippen LogP contribution in [0.3, 0.4) is 0 Å². The average Bonchev–Trinajstić information content (AvgIpc) is 3.49. The number of nitrogens with one attached hydrogen (secondary N) is 3. The van der Waals surface area contributed by atoms with Crippen molar-refractivity contribution >= 4 is 17.5 Å². The molecule has 2 aromatic carbocycles. The monoisotopic (exact) mass is 405 g/mol. The molecule has 8 heteroatoms. The smallest absolute Gasteiger partial charge is 0.258 e. The molecule has 30 heavy (non-hydrogen) atoms. The maximum Gasteiger partial charge on any atom is 0.258 e. The molecule has 0 atom stereocenters. The molecule has 2 amide bonds. The highest BCUT2D eigenvalue weighted by atomic mass is 16.5. The third-order valence-electron chi connectivity index (χ3n) is 4.72. The molecular weight excluding hydrogens is 382 g/mol. The highest BCUT2D eigenvalue weighted by molar-refractivity contribution is 5.97. The van der Waals surface area contributed by atoms with Crippen LogP contribution in [0.4, 0.5) is 5.69 Å². The second kappa shape index (κ2) is 8.77. The fraction of sp³-hybridized carbons (Fsp3) is 0.273. The van der Waals surface area contributed by atoms with Gasteiger partial charge < -0.3 is 15.4 Å². The number of rotatable bonds is 8. The van der Waals surface area contributed by atoms with E-state index >= 15 is 0 Å². The Morgan fingerprint density at radius 2 is 1.93 bits per heavy atom. The van der Waals surface area contributed by atoms with E-state index in [1.54, 1.807) is 12.1 Å². The Morgan fingerprint density at radius 3 is 2.70 bits per heavy atom. The number of aryl methyl sites for hydroxylation is 1. The van der Waals surface area contributed by atoms with E-state index in [0.29, 0.717) is 23.2 Å². The van der Waals surface area contributed by atoms with Gasteiger partial charge in [0.1, 0.15) is 11.6 Å². The topological polar surface area (TPSA) is 109 Å². The van der Waals surface area contributed by atoms with Crippen molar-refractivity contribution in [3.63, 3.8) is 0 Å². The minimum atomic E-state index is -0.374. The van der Waals surface area contributed by atoms with Crippen LogP contribution in [0, 0.1) is 6.92 Å². The molecule has 4 rings (SSSR count). The SMILES string of the molecule is Cc1ccc(NC(=O)CNC(=O)COc2ccccc2)c(-c2n[nH]c(C3CC3)n2)c1. The molecule has 154 valence electrons. The summed E-state index contributed by atoms with van der Waals surface area (Å²) in [5, 5.41) is 12.7. The summed E-state index contributed by atoms with van der Waals surface area (Å²) in [7, 11) is 0. The number of anilines is 1. The van der Waals surface area contributed by atoms with Crippen molar-refractivity contribution in [2.45, 2.75) is 25.7 Å². The maximum atomic E-state index is 12.4. The number of carbonyl (C=O) groups is 2. The van der Waals surface area contributed by atoms with Crippen LogP contribution in [-0.2, 0) is 9.59 Å². The Bertz CT molecular complexity index is 1040. The summed E-state index contributed by atoms with van der Waals surface area (Å²) in [5.41, 5.74) is 2.37. The van der Waals surface area contributed by atoms with Crippen molar-refractivity contribution in [1.82, 2.24) is 20.5 Å². The quantitative estimate of drug-likeness (QED) is 0.534. The van der Waals surface area contributed by atoms with Gasteiger partial charge in [-0.15, -0.1) is 0 Å². The Kier molecular flexibility index (Phi) is 5.74. The van der Waals surface area contributed by atoms with Gasteiger partial charge in [-0.1, -0.05) is 29.8 Å². The van der Waals surface area contributed by atoms with E-state index in [0.717, 1.165) is 29.8 Å². The Balaban J connectivity index is 1.34. The number of nitrogens with zero attached hydrogens (tertiary/aromatic N) is 2. The summed E-state index contributed by atoms with van der Waals surface area (Å²) >= 11 is 0. The van der Waals surface area contributed by atoms with Gasteiger partial charge in [-0.25, -0.2) is 4.98 Å². The molecule has 0 aliphatic heterocycles. The fourth-order valence-corrected chi connectivity index (χ4v) is 2.98. The van der Waals surface area contributed by atoms with Gasteiger partial charge in [-0.3, -0.25) is 14.7 Å². The molecule has 3 N–H and O–H groups in total. The Labute approximate surface area is 174 Å². The van der Waals surface area contributed by atoms with Crippen molar-refractivity contribution in [3.05, 3.63) is 59.9 Å². The van der Waals surface area contributed by atoms with Gasteiger partial charge in [0.25, 0.3) is 5.91 Å². The van der Waals surface area contributed by atoms with Crippen molar-refractivity contribution in [2.75, 3.05) is 18.5 Å². The van der Waals surface area contributed by atoms with E-state index < -0.39 is 0 Å². The molecule has 1 heterocycles. The number of H-pyrrole nitrogens is 1. The second-order valence-corrected chi connectivity index (χ2v) is 7.29. The molecule has 1 fully saturated rings. The first-order valence-electron chi connectivity index (χ1n) is 9.86. The zero-order valence-corrected chi connectivity index (χ0v) is 16.6. The first-order chi connectivity index (χ1) is 14.6. The van der Waals surface area contributed by atoms with Crippen LogP contribution in [-0.4, -0.2) is 40.1 Å². The predicted molar refractivity (Wildman–Crippen MR) is 112 cm³/mol. The van der Waals surface area contributed by atoms with E-state index in [1.807, 2.05) is 43.3 Å². The van der Waals surface area contributed by atoms with Gasteiger partial charge in [0, 0.05) is 11.5 Å². The molecule has 0 spiro atoms.